The molecule has 0 heterocycles. The fourth-order valence-corrected chi connectivity index (χ4v) is 0. The minimum Gasteiger partial charge on any atom is -0.822 e. The van der Waals surface area contributed by atoms with Crippen molar-refractivity contribution in [3.63, 3.8) is 0 Å². The second-order valence-electron chi connectivity index (χ2n) is 0.447. The smallest absolute Gasteiger partial charge is 0.822 e. The van der Waals surface area contributed by atoms with Gasteiger partial charge in [-0.2, -0.15) is 7.82 Å². The molecule has 0 aliphatic carbocycles. The zero-order valence-corrected chi connectivity index (χ0v) is 17.3. The average molecular weight is 284 g/mol. The first-order valence-corrected chi connectivity index (χ1v) is 2.19. The number of hydrogen-bond acceptors (Lipinski definition) is 4. The van der Waals surface area contributed by atoms with Gasteiger partial charge in [0.2, 0.25) is 0 Å². The van der Waals surface area contributed by atoms with Crippen LogP contribution in [-0.2, 0) is 4.57 Å². The zero-order valence-electron chi connectivity index (χ0n) is 7.08. The summed E-state index contributed by atoms with van der Waals surface area (Å²) in [6.45, 7) is 0. The van der Waals surface area contributed by atoms with Crippen LogP contribution in [0.4, 0.5) is 0 Å². The van der Waals surface area contributed by atoms with Crippen molar-refractivity contribution >= 4 is 7.82 Å². The summed E-state index contributed by atoms with van der Waals surface area (Å²) in [6, 6.07) is 0. The van der Waals surface area contributed by atoms with Crippen molar-refractivity contribution in [1.29, 1.82) is 0 Å². The van der Waals surface area contributed by atoms with Crippen molar-refractivity contribution in [3.8, 4) is 0 Å². The Labute approximate surface area is 197 Å². The van der Waals surface area contributed by atoms with Crippen LogP contribution >= 0.6 is 7.82 Å². The summed E-state index contributed by atoms with van der Waals surface area (Å²) in [6.07, 6.45) is 0. The van der Waals surface area contributed by atoms with Crippen molar-refractivity contribution in [2.75, 3.05) is 0 Å². The predicted octanol–water partition coefficient (Wildman–Crippen LogP) is -15.1. The van der Waals surface area contributed by atoms with Crippen LogP contribution < -0.4 is 169 Å². The first kappa shape index (κ1) is 54.0. The fourth-order valence-electron chi connectivity index (χ4n) is 0. The van der Waals surface area contributed by atoms with E-state index in [1.807, 2.05) is 0 Å². The van der Waals surface area contributed by atoms with Crippen LogP contribution in [-0.4, -0.2) is 21.9 Å². The molecule has 0 rings (SSSR count). The summed E-state index contributed by atoms with van der Waals surface area (Å²) >= 11 is 0. The minimum atomic E-state index is -5.39. The third-order valence-corrected chi connectivity index (χ3v) is 0. The quantitative estimate of drug-likeness (QED) is 0.312. The minimum absolute atomic E-state index is 0. The second-order valence-corrected chi connectivity index (χ2v) is 1.34. The van der Waals surface area contributed by atoms with Crippen molar-refractivity contribution in [1.82, 2.24) is 0 Å². The number of hydrogen-bond donors (Lipinski definition) is 0. The maximum absolute atomic E-state index is 8.55. The number of rotatable bonds is 0. The van der Waals surface area contributed by atoms with Gasteiger partial charge < -0.3 is 41.2 Å². The molecular weight excluding hydrogens is 276 g/mol. The molecule has 64 valence electrons. The monoisotopic (exact) mass is 284 g/mol. The molecule has 8 nitrogen and oxygen atoms in total. The van der Waals surface area contributed by atoms with E-state index in [0.29, 0.717) is 0 Å². The normalized spacial score (nSPS) is 4.92. The molecule has 0 saturated heterocycles. The van der Waals surface area contributed by atoms with Gasteiger partial charge in [-0.15, -0.1) is 0 Å². The van der Waals surface area contributed by atoms with Gasteiger partial charge in [0.1, 0.15) is 0 Å². The maximum atomic E-state index is 8.55. The molecule has 0 unspecified atom stereocenters. The average Bonchev–Trinajstić information content (AvgIpc) is 0.722. The van der Waals surface area contributed by atoms with Gasteiger partial charge in [0.05, 0.1) is 0 Å². The van der Waals surface area contributed by atoms with E-state index < -0.39 is 7.82 Å². The molecule has 8 N–H and O–H groups in total. The molecule has 0 amide bonds. The molecule has 12 heteroatoms. The molecule has 0 atom stereocenters. The Morgan fingerprint density at radius 3 is 0.667 bits per heavy atom. The molecule has 0 aliphatic heterocycles. The summed E-state index contributed by atoms with van der Waals surface area (Å²) in [5.41, 5.74) is 0. The molecule has 0 radical (unpaired) electrons. The number of phosphoric acid groups is 1. The van der Waals surface area contributed by atoms with Crippen LogP contribution in [0.3, 0.4) is 0 Å². The summed E-state index contributed by atoms with van der Waals surface area (Å²) in [4.78, 5) is 25.6. The Hall–Kier alpha value is 4.86. The molecule has 0 spiro atoms. The Morgan fingerprint density at radius 1 is 0.667 bits per heavy atom. The van der Waals surface area contributed by atoms with E-state index in [0.717, 1.165) is 0 Å². The van der Waals surface area contributed by atoms with Crippen molar-refractivity contribution in [2.45, 2.75) is 0 Å². The van der Waals surface area contributed by atoms with Crippen LogP contribution in [0.15, 0.2) is 0 Å². The SMILES string of the molecule is O.O.O.O.O=P([O-])([O-])[O-].[K+].[K+].[K+]. The summed E-state index contributed by atoms with van der Waals surface area (Å²) in [5, 5.41) is 0. The summed E-state index contributed by atoms with van der Waals surface area (Å²) in [5.74, 6) is 0. The van der Waals surface area contributed by atoms with Gasteiger partial charge in [0.15, 0.2) is 0 Å². The molecule has 0 aromatic carbocycles. The first-order valence-electron chi connectivity index (χ1n) is 0.730. The van der Waals surface area contributed by atoms with Crippen LogP contribution in [0.1, 0.15) is 0 Å². The van der Waals surface area contributed by atoms with E-state index in [9.17, 15) is 0 Å². The fraction of sp³-hybridized carbons (Fsp3) is 0. The third kappa shape index (κ3) is 121. The molecule has 0 saturated carbocycles. The van der Waals surface area contributed by atoms with E-state index in [1.54, 1.807) is 0 Å². The van der Waals surface area contributed by atoms with Crippen molar-refractivity contribution < 1.29 is 195 Å². The van der Waals surface area contributed by atoms with E-state index >= 15 is 0 Å². The molecule has 0 aliphatic rings. The van der Waals surface area contributed by atoms with Gasteiger partial charge in [-0.05, 0) is 0 Å². The van der Waals surface area contributed by atoms with Gasteiger partial charge >= 0.3 is 154 Å². The van der Waals surface area contributed by atoms with Crippen molar-refractivity contribution in [3.05, 3.63) is 0 Å². The maximum Gasteiger partial charge on any atom is 1.00 e. The second kappa shape index (κ2) is 29.7. The van der Waals surface area contributed by atoms with Crippen LogP contribution in [0.25, 0.3) is 0 Å². The summed E-state index contributed by atoms with van der Waals surface area (Å²) in [7, 11) is -5.39. The van der Waals surface area contributed by atoms with E-state index in [2.05, 4.69) is 0 Å². The zero-order chi connectivity index (χ0) is 4.50. The van der Waals surface area contributed by atoms with Crippen LogP contribution in [0, 0.1) is 0 Å². The first-order chi connectivity index (χ1) is 2.00. The van der Waals surface area contributed by atoms with E-state index in [1.165, 1.54) is 0 Å². The predicted molar refractivity (Wildman–Crippen MR) is 22.1 cm³/mol. The molecule has 0 bridgehead atoms. The Bertz CT molecular complexity index is 60.4. The van der Waals surface area contributed by atoms with Gasteiger partial charge in [0, 0.05) is 0 Å². The molecule has 12 heavy (non-hydrogen) atoms. The van der Waals surface area contributed by atoms with Gasteiger partial charge in [-0.25, -0.2) is 0 Å². The van der Waals surface area contributed by atoms with Crippen LogP contribution in [0.5, 0.6) is 0 Å². The van der Waals surface area contributed by atoms with E-state index in [-0.39, 0.29) is 176 Å². The molecule has 0 aromatic heterocycles. The molecule has 0 fully saturated rings. The molecule has 0 aromatic rings. The van der Waals surface area contributed by atoms with Gasteiger partial charge in [-0.3, -0.25) is 0 Å². The van der Waals surface area contributed by atoms with E-state index in [4.69, 9.17) is 19.2 Å². The van der Waals surface area contributed by atoms with Gasteiger partial charge in [0.25, 0.3) is 0 Å². The Kier molecular flexibility index (Phi) is 134. The van der Waals surface area contributed by atoms with Crippen molar-refractivity contribution in [2.24, 2.45) is 0 Å². The van der Waals surface area contributed by atoms with Gasteiger partial charge in [-0.1, -0.05) is 0 Å². The summed E-state index contributed by atoms with van der Waals surface area (Å²) < 4.78 is 8.55. The third-order valence-electron chi connectivity index (χ3n) is 0. The van der Waals surface area contributed by atoms with Crippen LogP contribution in [0.2, 0.25) is 0 Å². The topological polar surface area (TPSA) is 212 Å². The standard InChI is InChI=1S/3K.H3O4P.4H2O/c;;;1-5(2,3)4;;;;/h;;;(H3,1,2,3,4);4*1H2/q3*+1;;;;;/p-3. The Balaban J connectivity index is -0.00000000381. The Morgan fingerprint density at radius 2 is 0.667 bits per heavy atom. The molecular formula is H8K3O8P. The largest absolute Gasteiger partial charge is 1.00 e.